The number of benzene rings is 1. The molecule has 0 spiro atoms. The van der Waals surface area contributed by atoms with Gasteiger partial charge in [-0.25, -0.2) is 0 Å². The van der Waals surface area contributed by atoms with Crippen molar-refractivity contribution >= 4 is 6.29 Å². The lowest BCUT2D eigenvalue weighted by Crippen LogP contribution is -2.27. The number of rotatable bonds is 2. The average molecular weight is 189 g/mol. The molecule has 0 bridgehead atoms. The molecule has 74 valence electrons. The number of aldehydes is 1. The van der Waals surface area contributed by atoms with Crippen LogP contribution in [0.15, 0.2) is 18.2 Å². The third-order valence-corrected chi connectivity index (χ3v) is 2.94. The van der Waals surface area contributed by atoms with Gasteiger partial charge in [0, 0.05) is 18.7 Å². The maximum absolute atomic E-state index is 10.6. The fourth-order valence-corrected chi connectivity index (χ4v) is 2.11. The Morgan fingerprint density at radius 2 is 2.43 bits per heavy atom. The van der Waals surface area contributed by atoms with E-state index in [1.165, 1.54) is 11.1 Å². The van der Waals surface area contributed by atoms with Crippen LogP contribution in [0.2, 0.25) is 0 Å². The van der Waals surface area contributed by atoms with Crippen LogP contribution in [0.3, 0.4) is 0 Å². The molecule has 0 saturated carbocycles. The molecule has 0 amide bonds. The van der Waals surface area contributed by atoms with Crippen LogP contribution in [0, 0.1) is 0 Å². The number of nitrogens with one attached hydrogen (secondary N) is 1. The summed E-state index contributed by atoms with van der Waals surface area (Å²) in [6.07, 6.45) is 2.07. The summed E-state index contributed by atoms with van der Waals surface area (Å²) in [6.45, 7) is 4.16. The van der Waals surface area contributed by atoms with E-state index in [4.69, 9.17) is 0 Å². The zero-order valence-electron chi connectivity index (χ0n) is 8.42. The summed E-state index contributed by atoms with van der Waals surface area (Å²) >= 11 is 0. The number of hydrogen-bond acceptors (Lipinski definition) is 2. The number of fused-ring (bicyclic) bond motifs is 1. The Hall–Kier alpha value is -1.15. The third-order valence-electron chi connectivity index (χ3n) is 2.94. The molecule has 0 aromatic heterocycles. The molecule has 1 aliphatic rings. The molecule has 2 rings (SSSR count). The highest BCUT2D eigenvalue weighted by Gasteiger charge is 2.17. The first kappa shape index (κ1) is 9.41. The summed E-state index contributed by atoms with van der Waals surface area (Å²) in [5.41, 5.74) is 3.48. The second-order valence-corrected chi connectivity index (χ2v) is 3.81. The van der Waals surface area contributed by atoms with Crippen molar-refractivity contribution in [3.05, 3.63) is 34.9 Å². The SMILES string of the molecule is CCC1CNCc2cc(C=O)ccc21. The van der Waals surface area contributed by atoms with Crippen LogP contribution in [-0.2, 0) is 6.54 Å². The van der Waals surface area contributed by atoms with Crippen LogP contribution in [-0.4, -0.2) is 12.8 Å². The van der Waals surface area contributed by atoms with E-state index in [2.05, 4.69) is 18.3 Å². The Bertz CT molecular complexity index is 346. The number of carbonyl (C=O) groups excluding carboxylic acids is 1. The Morgan fingerprint density at radius 1 is 1.57 bits per heavy atom. The van der Waals surface area contributed by atoms with Crippen molar-refractivity contribution in [2.45, 2.75) is 25.8 Å². The molecule has 1 N–H and O–H groups in total. The van der Waals surface area contributed by atoms with E-state index in [1.54, 1.807) is 0 Å². The number of hydrogen-bond donors (Lipinski definition) is 1. The van der Waals surface area contributed by atoms with Gasteiger partial charge in [0.2, 0.25) is 0 Å². The van der Waals surface area contributed by atoms with Gasteiger partial charge in [-0.3, -0.25) is 4.79 Å². The van der Waals surface area contributed by atoms with Crippen LogP contribution >= 0.6 is 0 Å². The molecule has 0 fully saturated rings. The van der Waals surface area contributed by atoms with Gasteiger partial charge in [0.1, 0.15) is 6.29 Å². The van der Waals surface area contributed by atoms with Crippen molar-refractivity contribution in [1.29, 1.82) is 0 Å². The van der Waals surface area contributed by atoms with Gasteiger partial charge in [-0.05, 0) is 29.5 Å². The van der Waals surface area contributed by atoms with Gasteiger partial charge in [0.25, 0.3) is 0 Å². The molecule has 1 aromatic rings. The molecule has 0 radical (unpaired) electrons. The molecule has 1 atom stereocenters. The van der Waals surface area contributed by atoms with E-state index in [9.17, 15) is 4.79 Å². The van der Waals surface area contributed by atoms with E-state index in [1.807, 2.05) is 12.1 Å². The first-order valence-electron chi connectivity index (χ1n) is 5.14. The normalized spacial score (nSPS) is 20.2. The van der Waals surface area contributed by atoms with E-state index in [0.717, 1.165) is 31.4 Å². The molecule has 1 aliphatic heterocycles. The smallest absolute Gasteiger partial charge is 0.150 e. The molecule has 0 aliphatic carbocycles. The zero-order valence-corrected chi connectivity index (χ0v) is 8.42. The molecule has 2 heteroatoms. The second kappa shape index (κ2) is 3.93. The molecular formula is C12H15NO. The van der Waals surface area contributed by atoms with Crippen LogP contribution in [0.5, 0.6) is 0 Å². The minimum absolute atomic E-state index is 0.611. The van der Waals surface area contributed by atoms with Crippen molar-refractivity contribution in [3.63, 3.8) is 0 Å². The monoisotopic (exact) mass is 189 g/mol. The van der Waals surface area contributed by atoms with E-state index in [0.29, 0.717) is 5.92 Å². The lowest BCUT2D eigenvalue weighted by atomic mass is 9.88. The highest BCUT2D eigenvalue weighted by Crippen LogP contribution is 2.26. The summed E-state index contributed by atoms with van der Waals surface area (Å²) < 4.78 is 0. The molecule has 14 heavy (non-hydrogen) atoms. The maximum atomic E-state index is 10.6. The average Bonchev–Trinajstić information content (AvgIpc) is 2.27. The summed E-state index contributed by atoms with van der Waals surface area (Å²) in [7, 11) is 0. The van der Waals surface area contributed by atoms with Gasteiger partial charge in [0.15, 0.2) is 0 Å². The minimum Gasteiger partial charge on any atom is -0.312 e. The highest BCUT2D eigenvalue weighted by atomic mass is 16.1. The van der Waals surface area contributed by atoms with Crippen molar-refractivity contribution < 1.29 is 4.79 Å². The standard InChI is InChI=1S/C12H15NO/c1-2-10-6-13-7-11-5-9(8-14)3-4-12(10)11/h3-5,8,10,13H,2,6-7H2,1H3. The Labute approximate surface area is 84.3 Å². The lowest BCUT2D eigenvalue weighted by Gasteiger charge is -2.25. The van der Waals surface area contributed by atoms with Gasteiger partial charge in [-0.15, -0.1) is 0 Å². The quantitative estimate of drug-likeness (QED) is 0.722. The first-order valence-corrected chi connectivity index (χ1v) is 5.14. The molecule has 1 heterocycles. The van der Waals surface area contributed by atoms with Crippen LogP contribution < -0.4 is 5.32 Å². The molecule has 1 aromatic carbocycles. The molecular weight excluding hydrogens is 174 g/mol. The first-order chi connectivity index (χ1) is 6.85. The third kappa shape index (κ3) is 1.58. The minimum atomic E-state index is 0.611. The van der Waals surface area contributed by atoms with Crippen molar-refractivity contribution in [2.24, 2.45) is 0 Å². The van der Waals surface area contributed by atoms with Gasteiger partial charge in [-0.1, -0.05) is 19.1 Å². The maximum Gasteiger partial charge on any atom is 0.150 e. The predicted molar refractivity (Wildman–Crippen MR) is 56.6 cm³/mol. The zero-order chi connectivity index (χ0) is 9.97. The fraction of sp³-hybridized carbons (Fsp3) is 0.417. The van der Waals surface area contributed by atoms with Crippen LogP contribution in [0.25, 0.3) is 0 Å². The van der Waals surface area contributed by atoms with E-state index in [-0.39, 0.29) is 0 Å². The summed E-state index contributed by atoms with van der Waals surface area (Å²) in [5, 5.41) is 3.38. The lowest BCUT2D eigenvalue weighted by molar-refractivity contribution is 0.112. The largest absolute Gasteiger partial charge is 0.312 e. The van der Waals surface area contributed by atoms with Crippen molar-refractivity contribution in [2.75, 3.05) is 6.54 Å². The van der Waals surface area contributed by atoms with Gasteiger partial charge in [-0.2, -0.15) is 0 Å². The van der Waals surface area contributed by atoms with Gasteiger partial charge >= 0.3 is 0 Å². The van der Waals surface area contributed by atoms with Gasteiger partial charge in [0.05, 0.1) is 0 Å². The summed E-state index contributed by atoms with van der Waals surface area (Å²) in [5.74, 6) is 0.611. The fourth-order valence-electron chi connectivity index (χ4n) is 2.11. The second-order valence-electron chi connectivity index (χ2n) is 3.81. The Balaban J connectivity index is 2.40. The Morgan fingerprint density at radius 3 is 3.14 bits per heavy atom. The van der Waals surface area contributed by atoms with Gasteiger partial charge < -0.3 is 5.32 Å². The Kier molecular flexibility index (Phi) is 2.64. The highest BCUT2D eigenvalue weighted by molar-refractivity contribution is 5.75. The summed E-state index contributed by atoms with van der Waals surface area (Å²) in [4.78, 5) is 10.6. The van der Waals surface area contributed by atoms with Crippen molar-refractivity contribution in [3.8, 4) is 0 Å². The summed E-state index contributed by atoms with van der Waals surface area (Å²) in [6, 6.07) is 6.02. The van der Waals surface area contributed by atoms with Crippen molar-refractivity contribution in [1.82, 2.24) is 5.32 Å². The van der Waals surface area contributed by atoms with E-state index >= 15 is 0 Å². The molecule has 0 saturated heterocycles. The molecule has 2 nitrogen and oxygen atoms in total. The van der Waals surface area contributed by atoms with Crippen LogP contribution in [0.4, 0.5) is 0 Å². The molecule has 1 unspecified atom stereocenters. The van der Waals surface area contributed by atoms with Crippen LogP contribution in [0.1, 0.15) is 40.7 Å². The predicted octanol–water partition coefficient (Wildman–Crippen LogP) is 2.10. The number of carbonyl (C=O) groups is 1. The topological polar surface area (TPSA) is 29.1 Å². The van der Waals surface area contributed by atoms with E-state index < -0.39 is 0 Å².